The summed E-state index contributed by atoms with van der Waals surface area (Å²) in [5, 5.41) is 3.05. The molecule has 1 aliphatic rings. The maximum Gasteiger partial charge on any atom is 0.258 e. The standard InChI is InChI=1S/C26H27FN2O4S/c1-34(31,32)29(17-19-9-11-21(27)12-10-19)22-13-15-23(16-14-22)33-18-26(30)28-25-8-4-6-20-5-2-3-7-24(20)25/h2-3,5,7,9-16,25H,4,6,8,17-18H2,1H3,(H,28,30). The van der Waals surface area contributed by atoms with Crippen molar-refractivity contribution < 1.29 is 22.3 Å². The van der Waals surface area contributed by atoms with Crippen LogP contribution in [0.3, 0.4) is 0 Å². The Balaban J connectivity index is 1.37. The Bertz CT molecular complexity index is 1240. The highest BCUT2D eigenvalue weighted by Crippen LogP contribution is 2.29. The lowest BCUT2D eigenvalue weighted by molar-refractivity contribution is -0.123. The summed E-state index contributed by atoms with van der Waals surface area (Å²) in [6.45, 7) is -0.0615. The molecule has 0 spiro atoms. The Morgan fingerprint density at radius 3 is 2.47 bits per heavy atom. The Labute approximate surface area is 199 Å². The summed E-state index contributed by atoms with van der Waals surface area (Å²) in [6, 6.07) is 20.3. The van der Waals surface area contributed by atoms with Crippen molar-refractivity contribution in [2.75, 3.05) is 17.2 Å². The number of ether oxygens (including phenoxy) is 1. The van der Waals surface area contributed by atoms with E-state index in [0.29, 0.717) is 17.0 Å². The lowest BCUT2D eigenvalue weighted by Crippen LogP contribution is -2.34. The van der Waals surface area contributed by atoms with Gasteiger partial charge in [-0.1, -0.05) is 36.4 Å². The van der Waals surface area contributed by atoms with E-state index in [2.05, 4.69) is 17.4 Å². The largest absolute Gasteiger partial charge is 0.484 e. The number of hydrogen-bond acceptors (Lipinski definition) is 4. The van der Waals surface area contributed by atoms with Crippen molar-refractivity contribution >= 4 is 21.6 Å². The van der Waals surface area contributed by atoms with Crippen molar-refractivity contribution in [1.82, 2.24) is 5.32 Å². The van der Waals surface area contributed by atoms with Gasteiger partial charge in [-0.2, -0.15) is 0 Å². The van der Waals surface area contributed by atoms with E-state index in [0.717, 1.165) is 31.1 Å². The zero-order valence-electron chi connectivity index (χ0n) is 18.9. The average molecular weight is 483 g/mol. The number of anilines is 1. The number of carbonyl (C=O) groups is 1. The molecule has 1 N–H and O–H groups in total. The number of carbonyl (C=O) groups excluding carboxylic acids is 1. The SMILES string of the molecule is CS(=O)(=O)N(Cc1ccc(F)cc1)c1ccc(OCC(=O)NC2CCCc3ccccc32)cc1. The Hall–Kier alpha value is -3.39. The van der Waals surface area contributed by atoms with E-state index in [1.165, 1.54) is 22.0 Å². The summed E-state index contributed by atoms with van der Waals surface area (Å²) in [7, 11) is -3.57. The monoisotopic (exact) mass is 482 g/mol. The molecule has 0 aromatic heterocycles. The number of hydrogen-bond donors (Lipinski definition) is 1. The maximum atomic E-state index is 13.2. The van der Waals surface area contributed by atoms with Gasteiger partial charge in [0.05, 0.1) is 24.5 Å². The summed E-state index contributed by atoms with van der Waals surface area (Å²) in [5.41, 5.74) is 3.54. The molecule has 34 heavy (non-hydrogen) atoms. The molecule has 1 amide bonds. The number of amides is 1. The lowest BCUT2D eigenvalue weighted by atomic mass is 9.88. The minimum atomic E-state index is -3.57. The normalized spacial score (nSPS) is 15.3. The van der Waals surface area contributed by atoms with Crippen LogP contribution in [0.1, 0.15) is 35.6 Å². The summed E-state index contributed by atoms with van der Waals surface area (Å²) < 4.78 is 44.7. The molecule has 0 heterocycles. The van der Waals surface area contributed by atoms with Gasteiger partial charge in [0.25, 0.3) is 5.91 Å². The van der Waals surface area contributed by atoms with Crippen LogP contribution in [0.25, 0.3) is 0 Å². The second-order valence-corrected chi connectivity index (χ2v) is 10.3. The molecule has 0 aliphatic heterocycles. The van der Waals surface area contributed by atoms with E-state index >= 15 is 0 Å². The van der Waals surface area contributed by atoms with E-state index in [1.54, 1.807) is 36.4 Å². The summed E-state index contributed by atoms with van der Waals surface area (Å²) in [5.74, 6) is -0.133. The fraction of sp³-hybridized carbons (Fsp3) is 0.269. The first-order valence-electron chi connectivity index (χ1n) is 11.1. The molecule has 3 aromatic carbocycles. The minimum absolute atomic E-state index is 0.0155. The van der Waals surface area contributed by atoms with Crippen LogP contribution in [0, 0.1) is 5.82 Å². The first-order valence-corrected chi connectivity index (χ1v) is 13.0. The topological polar surface area (TPSA) is 75.7 Å². The van der Waals surface area contributed by atoms with Gasteiger partial charge < -0.3 is 10.1 Å². The highest BCUT2D eigenvalue weighted by molar-refractivity contribution is 7.92. The fourth-order valence-electron chi connectivity index (χ4n) is 4.15. The van der Waals surface area contributed by atoms with Gasteiger partial charge in [0.2, 0.25) is 10.0 Å². The quantitative estimate of drug-likeness (QED) is 0.518. The molecule has 0 saturated heterocycles. The maximum absolute atomic E-state index is 13.2. The Morgan fingerprint density at radius 2 is 1.76 bits per heavy atom. The van der Waals surface area contributed by atoms with Gasteiger partial charge >= 0.3 is 0 Å². The van der Waals surface area contributed by atoms with Crippen LogP contribution < -0.4 is 14.4 Å². The first kappa shape index (κ1) is 23.8. The zero-order chi connectivity index (χ0) is 24.1. The lowest BCUT2D eigenvalue weighted by Gasteiger charge is -2.26. The van der Waals surface area contributed by atoms with Crippen LogP contribution in [-0.4, -0.2) is 27.2 Å². The fourth-order valence-corrected chi connectivity index (χ4v) is 5.04. The minimum Gasteiger partial charge on any atom is -0.484 e. The molecular weight excluding hydrogens is 455 g/mol. The molecule has 3 aromatic rings. The van der Waals surface area contributed by atoms with Crippen molar-refractivity contribution in [1.29, 1.82) is 0 Å². The molecule has 0 saturated carbocycles. The van der Waals surface area contributed by atoms with Gasteiger partial charge in [-0.25, -0.2) is 12.8 Å². The van der Waals surface area contributed by atoms with Crippen molar-refractivity contribution in [3.05, 3.63) is 95.3 Å². The van der Waals surface area contributed by atoms with Crippen molar-refractivity contribution in [3.63, 3.8) is 0 Å². The number of sulfonamides is 1. The summed E-state index contributed by atoms with van der Waals surface area (Å²) in [4.78, 5) is 12.5. The van der Waals surface area contributed by atoms with Gasteiger partial charge in [-0.3, -0.25) is 9.10 Å². The molecule has 0 fully saturated rings. The molecule has 1 aliphatic carbocycles. The number of benzene rings is 3. The predicted molar refractivity (Wildman–Crippen MR) is 130 cm³/mol. The van der Waals surface area contributed by atoms with Crippen LogP contribution in [-0.2, 0) is 27.8 Å². The van der Waals surface area contributed by atoms with Crippen molar-refractivity contribution in [2.24, 2.45) is 0 Å². The van der Waals surface area contributed by atoms with Crippen LogP contribution >= 0.6 is 0 Å². The highest BCUT2D eigenvalue weighted by Gasteiger charge is 2.22. The van der Waals surface area contributed by atoms with Crippen LogP contribution in [0.5, 0.6) is 5.75 Å². The van der Waals surface area contributed by atoms with Gasteiger partial charge in [-0.15, -0.1) is 0 Å². The third-order valence-electron chi connectivity index (χ3n) is 5.84. The zero-order valence-corrected chi connectivity index (χ0v) is 19.7. The molecule has 0 bridgehead atoms. The van der Waals surface area contributed by atoms with E-state index in [4.69, 9.17) is 4.74 Å². The first-order chi connectivity index (χ1) is 16.3. The number of halogens is 1. The average Bonchev–Trinajstić information content (AvgIpc) is 2.82. The van der Waals surface area contributed by atoms with Gasteiger partial charge in [0, 0.05) is 0 Å². The van der Waals surface area contributed by atoms with E-state index in [9.17, 15) is 17.6 Å². The summed E-state index contributed by atoms with van der Waals surface area (Å²) in [6.07, 6.45) is 4.07. The second kappa shape index (κ2) is 10.3. The molecular formula is C26H27FN2O4S. The third-order valence-corrected chi connectivity index (χ3v) is 6.98. The van der Waals surface area contributed by atoms with Crippen molar-refractivity contribution in [2.45, 2.75) is 31.8 Å². The van der Waals surface area contributed by atoms with Crippen LogP contribution in [0.15, 0.2) is 72.8 Å². The van der Waals surface area contributed by atoms with Crippen molar-refractivity contribution in [3.8, 4) is 5.75 Å². The number of aryl methyl sites for hydroxylation is 1. The Kier molecular flexibility index (Phi) is 7.17. The van der Waals surface area contributed by atoms with Gasteiger partial charge in [0.15, 0.2) is 6.61 Å². The van der Waals surface area contributed by atoms with Crippen LogP contribution in [0.2, 0.25) is 0 Å². The molecule has 0 radical (unpaired) electrons. The molecule has 4 rings (SSSR count). The third kappa shape index (κ3) is 5.94. The molecule has 1 unspecified atom stereocenters. The van der Waals surface area contributed by atoms with E-state index in [1.807, 2.05) is 12.1 Å². The van der Waals surface area contributed by atoms with E-state index in [-0.39, 0.29) is 30.9 Å². The number of nitrogens with one attached hydrogen (secondary N) is 1. The number of nitrogens with zero attached hydrogens (tertiary/aromatic N) is 1. The van der Waals surface area contributed by atoms with Gasteiger partial charge in [0.1, 0.15) is 11.6 Å². The smallest absolute Gasteiger partial charge is 0.258 e. The molecule has 6 nitrogen and oxygen atoms in total. The number of rotatable bonds is 8. The second-order valence-electron chi connectivity index (χ2n) is 8.39. The van der Waals surface area contributed by atoms with E-state index < -0.39 is 10.0 Å². The summed E-state index contributed by atoms with van der Waals surface area (Å²) >= 11 is 0. The Morgan fingerprint density at radius 1 is 1.06 bits per heavy atom. The molecule has 178 valence electrons. The highest BCUT2D eigenvalue weighted by atomic mass is 32.2. The molecule has 8 heteroatoms. The molecule has 1 atom stereocenters. The predicted octanol–water partition coefficient (Wildman–Crippen LogP) is 4.36. The number of fused-ring (bicyclic) bond motifs is 1. The van der Waals surface area contributed by atoms with Gasteiger partial charge in [-0.05, 0) is 72.4 Å². The van der Waals surface area contributed by atoms with Crippen LogP contribution in [0.4, 0.5) is 10.1 Å².